The largest absolute Gasteiger partial charge is 0.492 e. The van der Waals surface area contributed by atoms with Gasteiger partial charge in [0.25, 0.3) is 0 Å². The highest BCUT2D eigenvalue weighted by atomic mass is 16.5. The summed E-state index contributed by atoms with van der Waals surface area (Å²) in [7, 11) is 1.95. The van der Waals surface area contributed by atoms with E-state index in [2.05, 4.69) is 45.1 Å². The molecule has 16 heavy (non-hydrogen) atoms. The summed E-state index contributed by atoms with van der Waals surface area (Å²) in [5.41, 5.74) is 1.36. The Labute approximate surface area is 99.0 Å². The molecule has 0 spiro atoms. The lowest BCUT2D eigenvalue weighted by atomic mass is 10.0. The van der Waals surface area contributed by atoms with Crippen molar-refractivity contribution in [3.63, 3.8) is 0 Å². The van der Waals surface area contributed by atoms with Crippen LogP contribution in [0.15, 0.2) is 24.3 Å². The van der Waals surface area contributed by atoms with Crippen LogP contribution < -0.4 is 10.1 Å². The van der Waals surface area contributed by atoms with Crippen LogP contribution in [0.2, 0.25) is 0 Å². The number of ether oxygens (including phenoxy) is 1. The van der Waals surface area contributed by atoms with E-state index in [1.165, 1.54) is 5.56 Å². The van der Waals surface area contributed by atoms with E-state index in [9.17, 15) is 0 Å². The van der Waals surface area contributed by atoms with Crippen LogP contribution in [0.1, 0.15) is 39.2 Å². The standard InChI is InChI=1S/C14H23NO/c1-11(2)12-6-8-13(9-7-12)16-10-14(3,4)15-5/h6-9,11,15H,10H2,1-5H3. The zero-order valence-electron chi connectivity index (χ0n) is 11.0. The molecule has 0 aliphatic rings. The lowest BCUT2D eigenvalue weighted by Crippen LogP contribution is -2.42. The van der Waals surface area contributed by atoms with Crippen LogP contribution in [0, 0.1) is 0 Å². The van der Waals surface area contributed by atoms with Gasteiger partial charge >= 0.3 is 0 Å². The Morgan fingerprint density at radius 3 is 2.19 bits per heavy atom. The molecule has 0 saturated heterocycles. The molecule has 0 saturated carbocycles. The minimum absolute atomic E-state index is 0.0106. The van der Waals surface area contributed by atoms with Crippen molar-refractivity contribution in [1.29, 1.82) is 0 Å². The summed E-state index contributed by atoms with van der Waals surface area (Å²) < 4.78 is 5.73. The number of hydrogen-bond acceptors (Lipinski definition) is 2. The Hall–Kier alpha value is -1.02. The van der Waals surface area contributed by atoms with Crippen molar-refractivity contribution in [1.82, 2.24) is 5.32 Å². The molecule has 0 unspecified atom stereocenters. The fourth-order valence-corrected chi connectivity index (χ4v) is 1.28. The molecule has 0 aromatic heterocycles. The monoisotopic (exact) mass is 221 g/mol. The van der Waals surface area contributed by atoms with Gasteiger partial charge in [0.15, 0.2) is 0 Å². The van der Waals surface area contributed by atoms with E-state index in [4.69, 9.17) is 4.74 Å². The summed E-state index contributed by atoms with van der Waals surface area (Å²) in [6.45, 7) is 9.30. The van der Waals surface area contributed by atoms with Crippen molar-refractivity contribution in [3.8, 4) is 5.75 Å². The Bertz CT molecular complexity index is 314. The van der Waals surface area contributed by atoms with Gasteiger partial charge in [-0.3, -0.25) is 0 Å². The SMILES string of the molecule is CNC(C)(C)COc1ccc(C(C)C)cc1. The molecule has 0 aliphatic heterocycles. The molecule has 1 N–H and O–H groups in total. The maximum atomic E-state index is 5.73. The summed E-state index contributed by atoms with van der Waals surface area (Å²) in [6.07, 6.45) is 0. The van der Waals surface area contributed by atoms with Crippen LogP contribution in [-0.4, -0.2) is 19.2 Å². The van der Waals surface area contributed by atoms with E-state index in [-0.39, 0.29) is 5.54 Å². The van der Waals surface area contributed by atoms with E-state index in [0.29, 0.717) is 12.5 Å². The van der Waals surface area contributed by atoms with E-state index in [1.54, 1.807) is 0 Å². The zero-order valence-corrected chi connectivity index (χ0v) is 11.0. The van der Waals surface area contributed by atoms with Crippen molar-refractivity contribution in [2.75, 3.05) is 13.7 Å². The molecule has 1 rings (SSSR count). The summed E-state index contributed by atoms with van der Waals surface area (Å²) in [5.74, 6) is 1.51. The van der Waals surface area contributed by atoms with Gasteiger partial charge in [-0.15, -0.1) is 0 Å². The first-order chi connectivity index (χ1) is 7.44. The fourth-order valence-electron chi connectivity index (χ4n) is 1.28. The molecule has 0 bridgehead atoms. The lowest BCUT2D eigenvalue weighted by Gasteiger charge is -2.24. The number of benzene rings is 1. The first kappa shape index (κ1) is 13.0. The third-order valence-electron chi connectivity index (χ3n) is 2.82. The molecule has 0 atom stereocenters. The summed E-state index contributed by atoms with van der Waals surface area (Å²) >= 11 is 0. The fraction of sp³-hybridized carbons (Fsp3) is 0.571. The predicted octanol–water partition coefficient (Wildman–Crippen LogP) is 3.19. The Kier molecular flexibility index (Phi) is 4.36. The van der Waals surface area contributed by atoms with Gasteiger partial charge in [0.05, 0.1) is 0 Å². The van der Waals surface area contributed by atoms with Gasteiger partial charge in [0.1, 0.15) is 12.4 Å². The van der Waals surface area contributed by atoms with Crippen LogP contribution in [0.3, 0.4) is 0 Å². The normalized spacial score (nSPS) is 11.9. The summed E-state index contributed by atoms with van der Waals surface area (Å²) in [5, 5.41) is 3.22. The van der Waals surface area contributed by atoms with E-state index >= 15 is 0 Å². The number of rotatable bonds is 5. The van der Waals surface area contributed by atoms with Gasteiger partial charge in [0, 0.05) is 5.54 Å². The Morgan fingerprint density at radius 1 is 1.19 bits per heavy atom. The van der Waals surface area contributed by atoms with Crippen LogP contribution >= 0.6 is 0 Å². The number of hydrogen-bond donors (Lipinski definition) is 1. The van der Waals surface area contributed by atoms with Crippen molar-refractivity contribution < 1.29 is 4.74 Å². The zero-order chi connectivity index (χ0) is 12.2. The molecular formula is C14H23NO. The Morgan fingerprint density at radius 2 is 1.75 bits per heavy atom. The highest BCUT2D eigenvalue weighted by Crippen LogP contribution is 2.19. The highest BCUT2D eigenvalue weighted by Gasteiger charge is 2.15. The third-order valence-corrected chi connectivity index (χ3v) is 2.82. The van der Waals surface area contributed by atoms with Crippen LogP contribution in [-0.2, 0) is 0 Å². The average molecular weight is 221 g/mol. The summed E-state index contributed by atoms with van der Waals surface area (Å²) in [6, 6.07) is 8.35. The minimum Gasteiger partial charge on any atom is -0.492 e. The maximum absolute atomic E-state index is 5.73. The van der Waals surface area contributed by atoms with Gasteiger partial charge in [-0.05, 0) is 44.5 Å². The molecule has 2 heteroatoms. The quantitative estimate of drug-likeness (QED) is 0.824. The second-order valence-corrected chi connectivity index (χ2v) is 5.15. The molecule has 0 amide bonds. The molecule has 90 valence electrons. The molecule has 0 fully saturated rings. The van der Waals surface area contributed by atoms with E-state index < -0.39 is 0 Å². The molecular weight excluding hydrogens is 198 g/mol. The summed E-state index contributed by atoms with van der Waals surface area (Å²) in [4.78, 5) is 0. The number of likely N-dealkylation sites (N-methyl/N-ethyl adjacent to an activating group) is 1. The molecule has 1 aromatic carbocycles. The van der Waals surface area contributed by atoms with Gasteiger partial charge in [0.2, 0.25) is 0 Å². The van der Waals surface area contributed by atoms with Gasteiger partial charge in [-0.2, -0.15) is 0 Å². The highest BCUT2D eigenvalue weighted by molar-refractivity contribution is 5.28. The second kappa shape index (κ2) is 5.35. The van der Waals surface area contributed by atoms with Gasteiger partial charge < -0.3 is 10.1 Å². The second-order valence-electron chi connectivity index (χ2n) is 5.15. The van der Waals surface area contributed by atoms with E-state index in [0.717, 1.165) is 5.75 Å². The minimum atomic E-state index is 0.0106. The van der Waals surface area contributed by atoms with Crippen LogP contribution in [0.25, 0.3) is 0 Å². The smallest absolute Gasteiger partial charge is 0.119 e. The first-order valence-electron chi connectivity index (χ1n) is 5.86. The molecule has 0 heterocycles. The maximum Gasteiger partial charge on any atom is 0.119 e. The molecule has 0 aliphatic carbocycles. The first-order valence-corrected chi connectivity index (χ1v) is 5.86. The molecule has 0 radical (unpaired) electrons. The van der Waals surface area contributed by atoms with Crippen molar-refractivity contribution in [2.45, 2.75) is 39.2 Å². The van der Waals surface area contributed by atoms with Crippen molar-refractivity contribution in [2.24, 2.45) is 0 Å². The van der Waals surface area contributed by atoms with Crippen molar-refractivity contribution in [3.05, 3.63) is 29.8 Å². The molecule has 1 aromatic rings. The Balaban J connectivity index is 2.56. The lowest BCUT2D eigenvalue weighted by molar-refractivity contribution is 0.217. The van der Waals surface area contributed by atoms with Gasteiger partial charge in [-0.25, -0.2) is 0 Å². The van der Waals surface area contributed by atoms with Crippen molar-refractivity contribution >= 4 is 0 Å². The molecule has 2 nitrogen and oxygen atoms in total. The predicted molar refractivity (Wildman–Crippen MR) is 69.2 cm³/mol. The number of nitrogens with one attached hydrogen (secondary N) is 1. The van der Waals surface area contributed by atoms with Gasteiger partial charge in [-0.1, -0.05) is 26.0 Å². The van der Waals surface area contributed by atoms with E-state index in [1.807, 2.05) is 19.2 Å². The average Bonchev–Trinajstić information content (AvgIpc) is 2.27. The van der Waals surface area contributed by atoms with Crippen LogP contribution in [0.5, 0.6) is 5.75 Å². The topological polar surface area (TPSA) is 21.3 Å². The third kappa shape index (κ3) is 3.86. The van der Waals surface area contributed by atoms with Crippen LogP contribution in [0.4, 0.5) is 0 Å².